The van der Waals surface area contributed by atoms with E-state index in [9.17, 15) is 0 Å². The normalized spacial score (nSPS) is 10.5. The molecule has 5 heteroatoms. The summed E-state index contributed by atoms with van der Waals surface area (Å²) < 4.78 is 10.2. The van der Waals surface area contributed by atoms with Gasteiger partial charge in [0.2, 0.25) is 0 Å². The number of aryl methyl sites for hydroxylation is 1. The molecule has 0 aliphatic heterocycles. The monoisotopic (exact) mass is 250 g/mol. The number of rotatable bonds is 4. The summed E-state index contributed by atoms with van der Waals surface area (Å²) in [6, 6.07) is 7.53. The summed E-state index contributed by atoms with van der Waals surface area (Å²) in [6.45, 7) is 1.88. The van der Waals surface area contributed by atoms with Crippen LogP contribution in [-0.4, -0.2) is 12.3 Å². The Kier molecular flexibility index (Phi) is 3.58. The molecule has 17 heavy (non-hydrogen) atoms. The average Bonchev–Trinajstić information content (AvgIpc) is 2.74. The van der Waals surface area contributed by atoms with Gasteiger partial charge in [0, 0.05) is 22.4 Å². The van der Waals surface area contributed by atoms with Crippen molar-refractivity contribution in [2.45, 2.75) is 17.6 Å². The van der Waals surface area contributed by atoms with Crippen molar-refractivity contribution in [3.63, 3.8) is 0 Å². The lowest BCUT2D eigenvalue weighted by molar-refractivity contribution is 0.393. The lowest BCUT2D eigenvalue weighted by Gasteiger charge is -2.06. The molecule has 0 fully saturated rings. The standard InChI is InChI=1S/C12H14N2O2S/c1-8-5-9(14-16-8)7-17-12-6-10(15-2)3-4-11(12)13/h3-6H,7,13H2,1-2H3. The predicted octanol–water partition coefficient (Wildman–Crippen LogP) is 2.87. The molecular weight excluding hydrogens is 236 g/mol. The van der Waals surface area contributed by atoms with Gasteiger partial charge in [-0.2, -0.15) is 0 Å². The fraction of sp³-hybridized carbons (Fsp3) is 0.250. The molecule has 0 spiro atoms. The molecule has 1 aromatic heterocycles. The lowest BCUT2D eigenvalue weighted by atomic mass is 10.3. The van der Waals surface area contributed by atoms with Crippen LogP contribution in [0.1, 0.15) is 11.5 Å². The van der Waals surface area contributed by atoms with Crippen molar-refractivity contribution in [3.05, 3.63) is 35.7 Å². The third-order valence-electron chi connectivity index (χ3n) is 2.27. The van der Waals surface area contributed by atoms with Crippen LogP contribution in [0.3, 0.4) is 0 Å². The molecule has 0 saturated heterocycles. The quantitative estimate of drug-likeness (QED) is 0.667. The van der Waals surface area contributed by atoms with Crippen LogP contribution in [0.2, 0.25) is 0 Å². The zero-order valence-electron chi connectivity index (χ0n) is 9.77. The van der Waals surface area contributed by atoms with Gasteiger partial charge in [-0.25, -0.2) is 0 Å². The Labute approximate surface area is 104 Å². The first-order chi connectivity index (χ1) is 8.19. The van der Waals surface area contributed by atoms with Crippen LogP contribution in [0.15, 0.2) is 33.7 Å². The Morgan fingerprint density at radius 1 is 1.41 bits per heavy atom. The van der Waals surface area contributed by atoms with E-state index in [4.69, 9.17) is 15.0 Å². The van der Waals surface area contributed by atoms with Crippen LogP contribution in [0.5, 0.6) is 5.75 Å². The van der Waals surface area contributed by atoms with Gasteiger partial charge in [0.25, 0.3) is 0 Å². The zero-order valence-corrected chi connectivity index (χ0v) is 10.6. The molecule has 0 bridgehead atoms. The van der Waals surface area contributed by atoms with E-state index >= 15 is 0 Å². The average molecular weight is 250 g/mol. The second-order valence-electron chi connectivity index (χ2n) is 3.62. The van der Waals surface area contributed by atoms with Crippen molar-refractivity contribution >= 4 is 17.4 Å². The van der Waals surface area contributed by atoms with Gasteiger partial charge in [-0.05, 0) is 25.1 Å². The van der Waals surface area contributed by atoms with Gasteiger partial charge in [-0.15, -0.1) is 11.8 Å². The number of aromatic nitrogens is 1. The van der Waals surface area contributed by atoms with Crippen molar-refractivity contribution in [1.82, 2.24) is 5.16 Å². The Hall–Kier alpha value is -1.62. The van der Waals surface area contributed by atoms with Gasteiger partial charge in [-0.3, -0.25) is 0 Å². The van der Waals surface area contributed by atoms with Crippen molar-refractivity contribution in [2.24, 2.45) is 0 Å². The van der Waals surface area contributed by atoms with Gasteiger partial charge in [0.1, 0.15) is 11.5 Å². The topological polar surface area (TPSA) is 61.3 Å². The van der Waals surface area contributed by atoms with Gasteiger partial charge >= 0.3 is 0 Å². The molecule has 0 saturated carbocycles. The first kappa shape index (κ1) is 11.9. The molecule has 2 N–H and O–H groups in total. The number of hydrogen-bond donors (Lipinski definition) is 1. The minimum Gasteiger partial charge on any atom is -0.497 e. The van der Waals surface area contributed by atoms with E-state index in [1.807, 2.05) is 31.2 Å². The minimum atomic E-state index is 0.731. The summed E-state index contributed by atoms with van der Waals surface area (Å²) >= 11 is 1.62. The highest BCUT2D eigenvalue weighted by Crippen LogP contribution is 2.31. The summed E-state index contributed by atoms with van der Waals surface area (Å²) in [5, 5.41) is 3.94. The number of nitrogen functional groups attached to an aromatic ring is 1. The van der Waals surface area contributed by atoms with E-state index in [-0.39, 0.29) is 0 Å². The van der Waals surface area contributed by atoms with Crippen molar-refractivity contribution in [2.75, 3.05) is 12.8 Å². The van der Waals surface area contributed by atoms with Crippen molar-refractivity contribution < 1.29 is 9.26 Å². The number of hydrogen-bond acceptors (Lipinski definition) is 5. The van der Waals surface area contributed by atoms with Gasteiger partial charge in [0.05, 0.1) is 12.8 Å². The second-order valence-corrected chi connectivity index (χ2v) is 4.64. The molecule has 0 aliphatic carbocycles. The highest BCUT2D eigenvalue weighted by atomic mass is 32.2. The van der Waals surface area contributed by atoms with Crippen LogP contribution in [0.4, 0.5) is 5.69 Å². The molecule has 2 aromatic rings. The molecule has 0 radical (unpaired) electrons. The van der Waals surface area contributed by atoms with Crippen LogP contribution in [-0.2, 0) is 5.75 Å². The van der Waals surface area contributed by atoms with Gasteiger partial charge < -0.3 is 15.0 Å². The van der Waals surface area contributed by atoms with Crippen molar-refractivity contribution in [1.29, 1.82) is 0 Å². The molecule has 0 amide bonds. The fourth-order valence-corrected chi connectivity index (χ4v) is 2.28. The van der Waals surface area contributed by atoms with Gasteiger partial charge in [-0.1, -0.05) is 5.16 Å². The van der Waals surface area contributed by atoms with Crippen LogP contribution < -0.4 is 10.5 Å². The highest BCUT2D eigenvalue weighted by molar-refractivity contribution is 7.98. The first-order valence-corrected chi connectivity index (χ1v) is 6.16. The smallest absolute Gasteiger partial charge is 0.133 e. The number of anilines is 1. The maximum absolute atomic E-state index is 5.89. The molecule has 1 aromatic carbocycles. The molecule has 90 valence electrons. The van der Waals surface area contributed by atoms with Crippen LogP contribution >= 0.6 is 11.8 Å². The Morgan fingerprint density at radius 3 is 2.88 bits per heavy atom. The van der Waals surface area contributed by atoms with Crippen LogP contribution in [0, 0.1) is 6.92 Å². The Balaban J connectivity index is 2.07. The summed E-state index contributed by atoms with van der Waals surface area (Å²) in [5.41, 5.74) is 7.55. The van der Waals surface area contributed by atoms with E-state index in [0.29, 0.717) is 0 Å². The molecule has 0 aliphatic rings. The molecule has 4 nitrogen and oxygen atoms in total. The molecule has 0 unspecified atom stereocenters. The Bertz CT molecular complexity index is 511. The second kappa shape index (κ2) is 5.14. The Morgan fingerprint density at radius 2 is 2.24 bits per heavy atom. The van der Waals surface area contributed by atoms with E-state index in [1.54, 1.807) is 18.9 Å². The molecular formula is C12H14N2O2S. The number of thioether (sulfide) groups is 1. The summed E-state index contributed by atoms with van der Waals surface area (Å²) in [7, 11) is 1.64. The highest BCUT2D eigenvalue weighted by Gasteiger charge is 2.05. The predicted molar refractivity (Wildman–Crippen MR) is 68.2 cm³/mol. The number of nitrogens with two attached hydrogens (primary N) is 1. The molecule has 0 atom stereocenters. The third-order valence-corrected chi connectivity index (χ3v) is 3.38. The summed E-state index contributed by atoms with van der Waals surface area (Å²) in [5.74, 6) is 2.35. The largest absolute Gasteiger partial charge is 0.497 e. The van der Waals surface area contributed by atoms with E-state index in [2.05, 4.69) is 5.16 Å². The van der Waals surface area contributed by atoms with Crippen LogP contribution in [0.25, 0.3) is 0 Å². The van der Waals surface area contributed by atoms with E-state index < -0.39 is 0 Å². The van der Waals surface area contributed by atoms with E-state index in [0.717, 1.165) is 33.5 Å². The third kappa shape index (κ3) is 2.94. The lowest BCUT2D eigenvalue weighted by Crippen LogP contribution is -1.91. The number of methoxy groups -OCH3 is 1. The molecule has 1 heterocycles. The fourth-order valence-electron chi connectivity index (χ4n) is 1.40. The van der Waals surface area contributed by atoms with Gasteiger partial charge in [0.15, 0.2) is 0 Å². The SMILES string of the molecule is COc1ccc(N)c(SCc2cc(C)on2)c1. The summed E-state index contributed by atoms with van der Waals surface area (Å²) in [6.07, 6.45) is 0. The number of ether oxygens (including phenoxy) is 1. The van der Waals surface area contributed by atoms with E-state index in [1.165, 1.54) is 0 Å². The summed E-state index contributed by atoms with van der Waals surface area (Å²) in [4.78, 5) is 0.991. The zero-order chi connectivity index (χ0) is 12.3. The number of nitrogens with zero attached hydrogens (tertiary/aromatic N) is 1. The molecule has 2 rings (SSSR count). The number of benzene rings is 1. The maximum atomic E-state index is 5.89. The maximum Gasteiger partial charge on any atom is 0.133 e. The van der Waals surface area contributed by atoms with Crippen molar-refractivity contribution in [3.8, 4) is 5.75 Å². The minimum absolute atomic E-state index is 0.731. The first-order valence-electron chi connectivity index (χ1n) is 5.17.